The van der Waals surface area contributed by atoms with Gasteiger partial charge in [0.1, 0.15) is 0 Å². The Morgan fingerprint density at radius 3 is 2.36 bits per heavy atom. The first-order chi connectivity index (χ1) is 6.66. The predicted octanol–water partition coefficient (Wildman–Crippen LogP) is 3.55. The molecule has 0 bridgehead atoms. The van der Waals surface area contributed by atoms with E-state index in [0.29, 0.717) is 13.0 Å². The van der Waals surface area contributed by atoms with Crippen LogP contribution in [0.5, 0.6) is 0 Å². The van der Waals surface area contributed by atoms with E-state index in [-0.39, 0.29) is 5.97 Å². The van der Waals surface area contributed by atoms with Crippen LogP contribution in [0, 0.1) is 5.92 Å². The molecule has 0 atom stereocenters. The zero-order valence-electron chi connectivity index (χ0n) is 9.84. The Hall–Kier alpha value is -0.530. The second-order valence-corrected chi connectivity index (χ2v) is 4.17. The van der Waals surface area contributed by atoms with Crippen molar-refractivity contribution >= 4 is 5.97 Å². The van der Waals surface area contributed by atoms with E-state index in [9.17, 15) is 4.79 Å². The third-order valence-electron chi connectivity index (χ3n) is 2.23. The van der Waals surface area contributed by atoms with E-state index in [2.05, 4.69) is 13.8 Å². The average Bonchev–Trinajstić information content (AvgIpc) is 2.15. The van der Waals surface area contributed by atoms with Crippen LogP contribution in [0.1, 0.15) is 59.3 Å². The first-order valence-electron chi connectivity index (χ1n) is 5.82. The zero-order valence-corrected chi connectivity index (χ0v) is 9.84. The van der Waals surface area contributed by atoms with Crippen molar-refractivity contribution in [2.45, 2.75) is 59.3 Å². The zero-order chi connectivity index (χ0) is 10.8. The third-order valence-corrected chi connectivity index (χ3v) is 2.23. The molecular weight excluding hydrogens is 176 g/mol. The molecular formula is C12H24O2. The second-order valence-electron chi connectivity index (χ2n) is 4.17. The second kappa shape index (κ2) is 9.04. The standard InChI is InChI=1S/C12H24O2/c1-4-12(13)14-10-8-6-5-7-9-11(2)3/h11H,4-10H2,1-3H3. The van der Waals surface area contributed by atoms with Crippen molar-refractivity contribution in [2.24, 2.45) is 5.92 Å². The number of hydrogen-bond donors (Lipinski definition) is 0. The maximum atomic E-state index is 10.8. The number of esters is 1. The normalized spacial score (nSPS) is 10.6. The fraction of sp³-hybridized carbons (Fsp3) is 0.917. The Morgan fingerprint density at radius 1 is 1.14 bits per heavy atom. The summed E-state index contributed by atoms with van der Waals surface area (Å²) in [5.41, 5.74) is 0. The molecule has 0 aromatic carbocycles. The predicted molar refractivity (Wildman–Crippen MR) is 59.2 cm³/mol. The van der Waals surface area contributed by atoms with E-state index in [1.807, 2.05) is 6.92 Å². The number of rotatable bonds is 8. The molecule has 0 aliphatic carbocycles. The van der Waals surface area contributed by atoms with Crippen molar-refractivity contribution < 1.29 is 9.53 Å². The summed E-state index contributed by atoms with van der Waals surface area (Å²) < 4.78 is 4.98. The maximum absolute atomic E-state index is 10.8. The lowest BCUT2D eigenvalue weighted by Gasteiger charge is -2.04. The molecule has 0 saturated carbocycles. The van der Waals surface area contributed by atoms with Crippen LogP contribution in [-0.4, -0.2) is 12.6 Å². The maximum Gasteiger partial charge on any atom is 0.305 e. The fourth-order valence-corrected chi connectivity index (χ4v) is 1.30. The van der Waals surface area contributed by atoms with Crippen LogP contribution in [-0.2, 0) is 9.53 Å². The van der Waals surface area contributed by atoms with Gasteiger partial charge in [-0.3, -0.25) is 4.79 Å². The Labute approximate surface area is 88.0 Å². The van der Waals surface area contributed by atoms with Crippen LogP contribution in [0.4, 0.5) is 0 Å². The molecule has 2 heteroatoms. The largest absolute Gasteiger partial charge is 0.466 e. The Bertz CT molecular complexity index is 141. The highest BCUT2D eigenvalue weighted by atomic mass is 16.5. The van der Waals surface area contributed by atoms with Crippen molar-refractivity contribution in [2.75, 3.05) is 6.61 Å². The number of carbonyl (C=O) groups is 1. The molecule has 0 rings (SSSR count). The van der Waals surface area contributed by atoms with Gasteiger partial charge >= 0.3 is 5.97 Å². The lowest BCUT2D eigenvalue weighted by Crippen LogP contribution is -2.03. The average molecular weight is 200 g/mol. The molecule has 2 nitrogen and oxygen atoms in total. The van der Waals surface area contributed by atoms with Crippen LogP contribution >= 0.6 is 0 Å². The molecule has 0 N–H and O–H groups in total. The molecule has 14 heavy (non-hydrogen) atoms. The van der Waals surface area contributed by atoms with Crippen molar-refractivity contribution in [1.82, 2.24) is 0 Å². The quantitative estimate of drug-likeness (QED) is 0.442. The van der Waals surface area contributed by atoms with Gasteiger partial charge in [-0.25, -0.2) is 0 Å². The summed E-state index contributed by atoms with van der Waals surface area (Å²) in [7, 11) is 0. The van der Waals surface area contributed by atoms with Gasteiger partial charge in [-0.15, -0.1) is 0 Å². The molecule has 0 fully saturated rings. The van der Waals surface area contributed by atoms with Crippen molar-refractivity contribution in [1.29, 1.82) is 0 Å². The Kier molecular flexibility index (Phi) is 8.70. The number of ether oxygens (including phenoxy) is 1. The van der Waals surface area contributed by atoms with Crippen molar-refractivity contribution in [3.63, 3.8) is 0 Å². The molecule has 0 aromatic rings. The van der Waals surface area contributed by atoms with Crippen molar-refractivity contribution in [3.05, 3.63) is 0 Å². The molecule has 0 amide bonds. The molecule has 84 valence electrons. The minimum Gasteiger partial charge on any atom is -0.466 e. The van der Waals surface area contributed by atoms with Crippen LogP contribution in [0.3, 0.4) is 0 Å². The summed E-state index contributed by atoms with van der Waals surface area (Å²) in [6, 6.07) is 0. The van der Waals surface area contributed by atoms with E-state index in [1.165, 1.54) is 25.7 Å². The van der Waals surface area contributed by atoms with E-state index in [0.717, 1.165) is 12.3 Å². The van der Waals surface area contributed by atoms with Crippen molar-refractivity contribution in [3.8, 4) is 0 Å². The summed E-state index contributed by atoms with van der Waals surface area (Å²) in [4.78, 5) is 10.8. The highest BCUT2D eigenvalue weighted by Gasteiger charge is 1.98. The van der Waals surface area contributed by atoms with Crippen LogP contribution in [0.15, 0.2) is 0 Å². The van der Waals surface area contributed by atoms with Gasteiger partial charge < -0.3 is 4.74 Å². The number of unbranched alkanes of at least 4 members (excludes halogenated alkanes) is 3. The van der Waals surface area contributed by atoms with Crippen LogP contribution in [0.2, 0.25) is 0 Å². The lowest BCUT2D eigenvalue weighted by molar-refractivity contribution is -0.143. The monoisotopic (exact) mass is 200 g/mol. The van der Waals surface area contributed by atoms with Gasteiger partial charge in [0.25, 0.3) is 0 Å². The Balaban J connectivity index is 3.03. The first kappa shape index (κ1) is 13.5. The third kappa shape index (κ3) is 9.56. The summed E-state index contributed by atoms with van der Waals surface area (Å²) in [6.07, 6.45) is 6.58. The topological polar surface area (TPSA) is 26.3 Å². The molecule has 0 aliphatic heterocycles. The molecule has 0 heterocycles. The van der Waals surface area contributed by atoms with Gasteiger partial charge in [0.05, 0.1) is 6.61 Å². The molecule has 0 spiro atoms. The van der Waals surface area contributed by atoms with E-state index < -0.39 is 0 Å². The van der Waals surface area contributed by atoms with Gasteiger partial charge in [-0.05, 0) is 12.3 Å². The minimum absolute atomic E-state index is 0.0767. The molecule has 0 aromatic heterocycles. The summed E-state index contributed by atoms with van der Waals surface area (Å²) in [5.74, 6) is 0.736. The Morgan fingerprint density at radius 2 is 1.79 bits per heavy atom. The lowest BCUT2D eigenvalue weighted by atomic mass is 10.0. The molecule has 0 radical (unpaired) electrons. The fourth-order valence-electron chi connectivity index (χ4n) is 1.30. The smallest absolute Gasteiger partial charge is 0.305 e. The SMILES string of the molecule is CCC(=O)OCCCCCCC(C)C. The van der Waals surface area contributed by atoms with Gasteiger partial charge in [-0.1, -0.05) is 46.5 Å². The summed E-state index contributed by atoms with van der Waals surface area (Å²) >= 11 is 0. The van der Waals surface area contributed by atoms with Crippen LogP contribution < -0.4 is 0 Å². The number of hydrogen-bond acceptors (Lipinski definition) is 2. The highest BCUT2D eigenvalue weighted by molar-refractivity contribution is 5.68. The van der Waals surface area contributed by atoms with E-state index in [4.69, 9.17) is 4.74 Å². The summed E-state index contributed by atoms with van der Waals surface area (Å²) in [6.45, 7) is 6.94. The van der Waals surface area contributed by atoms with E-state index >= 15 is 0 Å². The molecule has 0 saturated heterocycles. The first-order valence-corrected chi connectivity index (χ1v) is 5.82. The van der Waals surface area contributed by atoms with Gasteiger partial charge in [0, 0.05) is 6.42 Å². The van der Waals surface area contributed by atoms with Gasteiger partial charge in [-0.2, -0.15) is 0 Å². The van der Waals surface area contributed by atoms with Crippen LogP contribution in [0.25, 0.3) is 0 Å². The molecule has 0 aliphatic rings. The van der Waals surface area contributed by atoms with Gasteiger partial charge in [0.2, 0.25) is 0 Å². The number of carbonyl (C=O) groups excluding carboxylic acids is 1. The highest BCUT2D eigenvalue weighted by Crippen LogP contribution is 2.09. The van der Waals surface area contributed by atoms with E-state index in [1.54, 1.807) is 0 Å². The minimum atomic E-state index is -0.0767. The summed E-state index contributed by atoms with van der Waals surface area (Å²) in [5, 5.41) is 0. The van der Waals surface area contributed by atoms with Gasteiger partial charge in [0.15, 0.2) is 0 Å². The molecule has 0 unspecified atom stereocenters.